The third-order valence-electron chi connectivity index (χ3n) is 7.69. The van der Waals surface area contributed by atoms with Crippen LogP contribution in [0.2, 0.25) is 0 Å². The predicted molar refractivity (Wildman–Crippen MR) is 143 cm³/mol. The maximum Gasteiger partial charge on any atom is 0.253 e. The Morgan fingerprint density at radius 1 is 0.919 bits per heavy atom. The summed E-state index contributed by atoms with van der Waals surface area (Å²) in [4.78, 5) is 33.0. The van der Waals surface area contributed by atoms with Crippen molar-refractivity contribution in [2.24, 2.45) is 5.41 Å². The fourth-order valence-electron chi connectivity index (χ4n) is 5.25. The van der Waals surface area contributed by atoms with Gasteiger partial charge in [0.05, 0.1) is 6.61 Å². The van der Waals surface area contributed by atoms with E-state index in [1.54, 1.807) is 12.1 Å². The first-order valence-corrected chi connectivity index (χ1v) is 13.3. The molecule has 2 aliphatic rings. The van der Waals surface area contributed by atoms with Gasteiger partial charge in [-0.1, -0.05) is 32.9 Å². The summed E-state index contributed by atoms with van der Waals surface area (Å²) in [6.07, 6.45) is 1.92. The van der Waals surface area contributed by atoms with Gasteiger partial charge in [0, 0.05) is 56.7 Å². The molecule has 0 aromatic heterocycles. The summed E-state index contributed by atoms with van der Waals surface area (Å²) >= 11 is 0. The van der Waals surface area contributed by atoms with Crippen LogP contribution in [-0.2, 0) is 10.2 Å². The zero-order chi connectivity index (χ0) is 26.6. The van der Waals surface area contributed by atoms with E-state index in [1.165, 1.54) is 17.7 Å². The van der Waals surface area contributed by atoms with Crippen molar-refractivity contribution < 1.29 is 18.7 Å². The molecule has 2 amide bonds. The van der Waals surface area contributed by atoms with Crippen LogP contribution in [0.5, 0.6) is 5.75 Å². The molecule has 0 spiro atoms. The van der Waals surface area contributed by atoms with Crippen molar-refractivity contribution in [2.75, 3.05) is 52.9 Å². The number of piperidine rings is 1. The highest BCUT2D eigenvalue weighted by atomic mass is 19.1. The molecule has 2 aliphatic heterocycles. The number of likely N-dealkylation sites (N-methyl/N-ethyl adjacent to an activating group) is 1. The Morgan fingerprint density at radius 3 is 2.19 bits per heavy atom. The Hall–Kier alpha value is -2.93. The Balaban J connectivity index is 1.52. The SMILES string of the molecule is CN1CCN(C(=O)CC2(COc3ccc(F)cc3)CCCN(C(=O)c3ccc(C(C)(C)C)cc3)C2)CC1. The molecule has 7 heteroatoms. The molecule has 0 aliphatic carbocycles. The van der Waals surface area contributed by atoms with Gasteiger partial charge >= 0.3 is 0 Å². The second-order valence-electron chi connectivity index (χ2n) is 11.8. The predicted octanol–water partition coefficient (Wildman–Crippen LogP) is 4.59. The van der Waals surface area contributed by atoms with Crippen LogP contribution in [0.15, 0.2) is 48.5 Å². The fraction of sp³-hybridized carbons (Fsp3) is 0.533. The van der Waals surface area contributed by atoms with Gasteiger partial charge in [0.25, 0.3) is 5.91 Å². The summed E-state index contributed by atoms with van der Waals surface area (Å²) < 4.78 is 19.5. The fourth-order valence-corrected chi connectivity index (χ4v) is 5.25. The van der Waals surface area contributed by atoms with Crippen LogP contribution in [-0.4, -0.2) is 79.4 Å². The van der Waals surface area contributed by atoms with Crippen molar-refractivity contribution in [3.8, 4) is 5.75 Å². The van der Waals surface area contributed by atoms with Crippen molar-refractivity contribution in [2.45, 2.75) is 45.4 Å². The Bertz CT molecular complexity index is 1070. The molecule has 0 saturated carbocycles. The topological polar surface area (TPSA) is 53.1 Å². The van der Waals surface area contributed by atoms with Crippen molar-refractivity contribution in [1.29, 1.82) is 0 Å². The Labute approximate surface area is 220 Å². The van der Waals surface area contributed by atoms with E-state index in [-0.39, 0.29) is 23.0 Å². The zero-order valence-corrected chi connectivity index (χ0v) is 22.6. The molecule has 6 nitrogen and oxygen atoms in total. The monoisotopic (exact) mass is 509 g/mol. The molecule has 2 aromatic rings. The molecule has 200 valence electrons. The highest BCUT2D eigenvalue weighted by Gasteiger charge is 2.41. The number of ether oxygens (including phenoxy) is 1. The summed E-state index contributed by atoms with van der Waals surface area (Å²) in [6, 6.07) is 13.8. The Morgan fingerprint density at radius 2 is 1.57 bits per heavy atom. The molecule has 2 heterocycles. The molecular formula is C30H40FN3O3. The van der Waals surface area contributed by atoms with E-state index >= 15 is 0 Å². The van der Waals surface area contributed by atoms with Crippen LogP contribution >= 0.6 is 0 Å². The van der Waals surface area contributed by atoms with Crippen LogP contribution < -0.4 is 4.74 Å². The van der Waals surface area contributed by atoms with Crippen LogP contribution in [0.4, 0.5) is 4.39 Å². The summed E-state index contributed by atoms with van der Waals surface area (Å²) in [5.74, 6) is 0.339. The number of carbonyl (C=O) groups is 2. The van der Waals surface area contributed by atoms with Gasteiger partial charge in [0.15, 0.2) is 0 Å². The number of hydrogen-bond acceptors (Lipinski definition) is 4. The third-order valence-corrected chi connectivity index (χ3v) is 7.69. The van der Waals surface area contributed by atoms with Gasteiger partial charge in [0.1, 0.15) is 11.6 Å². The highest BCUT2D eigenvalue weighted by molar-refractivity contribution is 5.94. The lowest BCUT2D eigenvalue weighted by molar-refractivity contribution is -0.137. The lowest BCUT2D eigenvalue weighted by Gasteiger charge is -2.43. The van der Waals surface area contributed by atoms with Gasteiger partial charge in [0.2, 0.25) is 5.91 Å². The Kier molecular flexibility index (Phi) is 8.22. The summed E-state index contributed by atoms with van der Waals surface area (Å²) in [6.45, 7) is 11.0. The molecule has 2 fully saturated rings. The second kappa shape index (κ2) is 11.2. The molecular weight excluding hydrogens is 469 g/mol. The summed E-state index contributed by atoms with van der Waals surface area (Å²) in [5.41, 5.74) is 1.35. The number of piperazine rings is 1. The normalized spacial score (nSPS) is 21.1. The second-order valence-corrected chi connectivity index (χ2v) is 11.8. The first-order valence-electron chi connectivity index (χ1n) is 13.3. The first kappa shape index (κ1) is 27.1. The molecule has 0 bridgehead atoms. The summed E-state index contributed by atoms with van der Waals surface area (Å²) in [7, 11) is 2.07. The van der Waals surface area contributed by atoms with Gasteiger partial charge in [-0.3, -0.25) is 9.59 Å². The molecule has 0 N–H and O–H groups in total. The van der Waals surface area contributed by atoms with E-state index < -0.39 is 5.41 Å². The maximum atomic E-state index is 13.5. The van der Waals surface area contributed by atoms with E-state index in [0.717, 1.165) is 25.9 Å². The molecule has 2 aromatic carbocycles. The van der Waals surface area contributed by atoms with Crippen molar-refractivity contribution >= 4 is 11.8 Å². The van der Waals surface area contributed by atoms with E-state index in [1.807, 2.05) is 34.1 Å². The number of amides is 2. The quantitative estimate of drug-likeness (QED) is 0.572. The number of hydrogen-bond donors (Lipinski definition) is 0. The summed E-state index contributed by atoms with van der Waals surface area (Å²) in [5, 5.41) is 0. The number of carbonyl (C=O) groups excluding carboxylic acids is 2. The standard InChI is InChI=1S/C30H40FN3O3/c1-29(2,3)24-8-6-23(7-9-24)28(36)34-15-5-14-30(21-34,22-37-26-12-10-25(31)11-13-26)20-27(35)33-18-16-32(4)17-19-33/h6-13H,5,14-22H2,1-4H3. The maximum absolute atomic E-state index is 13.5. The average molecular weight is 510 g/mol. The number of nitrogens with zero attached hydrogens (tertiary/aromatic N) is 3. The molecule has 0 radical (unpaired) electrons. The third kappa shape index (κ3) is 6.89. The highest BCUT2D eigenvalue weighted by Crippen LogP contribution is 2.36. The lowest BCUT2D eigenvalue weighted by atomic mass is 9.77. The van der Waals surface area contributed by atoms with E-state index in [4.69, 9.17) is 4.74 Å². The van der Waals surface area contributed by atoms with E-state index in [2.05, 4.69) is 32.7 Å². The number of halogens is 1. The van der Waals surface area contributed by atoms with E-state index in [9.17, 15) is 14.0 Å². The molecule has 1 atom stereocenters. The number of benzene rings is 2. The molecule has 1 unspecified atom stereocenters. The average Bonchev–Trinajstić information content (AvgIpc) is 2.88. The van der Waals surface area contributed by atoms with E-state index in [0.29, 0.717) is 50.5 Å². The van der Waals surface area contributed by atoms with Crippen molar-refractivity contribution in [3.63, 3.8) is 0 Å². The van der Waals surface area contributed by atoms with Crippen molar-refractivity contribution in [3.05, 3.63) is 65.5 Å². The minimum atomic E-state index is -0.506. The lowest BCUT2D eigenvalue weighted by Crippen LogP contribution is -2.53. The minimum Gasteiger partial charge on any atom is -0.493 e. The van der Waals surface area contributed by atoms with Gasteiger partial charge < -0.3 is 19.4 Å². The van der Waals surface area contributed by atoms with Crippen LogP contribution in [0, 0.1) is 11.2 Å². The largest absolute Gasteiger partial charge is 0.493 e. The van der Waals surface area contributed by atoms with Crippen LogP contribution in [0.25, 0.3) is 0 Å². The van der Waals surface area contributed by atoms with Crippen molar-refractivity contribution in [1.82, 2.24) is 14.7 Å². The minimum absolute atomic E-state index is 0.0154. The van der Waals surface area contributed by atoms with Crippen LogP contribution in [0.1, 0.15) is 56.0 Å². The number of likely N-dealkylation sites (tertiary alicyclic amines) is 1. The zero-order valence-electron chi connectivity index (χ0n) is 22.6. The number of rotatable bonds is 6. The molecule has 37 heavy (non-hydrogen) atoms. The first-order chi connectivity index (χ1) is 17.5. The smallest absolute Gasteiger partial charge is 0.253 e. The van der Waals surface area contributed by atoms with Gasteiger partial charge in [-0.2, -0.15) is 0 Å². The molecule has 2 saturated heterocycles. The van der Waals surface area contributed by atoms with Crippen LogP contribution in [0.3, 0.4) is 0 Å². The van der Waals surface area contributed by atoms with Gasteiger partial charge in [-0.05, 0) is 67.3 Å². The van der Waals surface area contributed by atoms with Gasteiger partial charge in [-0.25, -0.2) is 4.39 Å². The molecule has 4 rings (SSSR count). The van der Waals surface area contributed by atoms with Gasteiger partial charge in [-0.15, -0.1) is 0 Å².